The van der Waals surface area contributed by atoms with Crippen LogP contribution in [0.3, 0.4) is 0 Å². The molecule has 0 atom stereocenters. The molecule has 0 amide bonds. The highest BCUT2D eigenvalue weighted by atomic mass is 79.9. The summed E-state index contributed by atoms with van der Waals surface area (Å²) in [5.41, 5.74) is 0.246. The van der Waals surface area contributed by atoms with Crippen molar-refractivity contribution in [2.75, 3.05) is 20.9 Å². The largest absolute Gasteiger partial charge is 0.493 e. The molecule has 1 rings (SSSR count). The van der Waals surface area contributed by atoms with Gasteiger partial charge >= 0.3 is 0 Å². The van der Waals surface area contributed by atoms with Crippen molar-refractivity contribution in [1.29, 1.82) is 0 Å². The van der Waals surface area contributed by atoms with Crippen LogP contribution in [0.1, 0.15) is 10.4 Å². The van der Waals surface area contributed by atoms with E-state index < -0.39 is 12.5 Å². The van der Waals surface area contributed by atoms with Crippen LogP contribution in [0.15, 0.2) is 16.6 Å². The van der Waals surface area contributed by atoms with Crippen molar-refractivity contribution in [1.82, 2.24) is 0 Å². The fraction of sp³-hybridized carbons (Fsp3) is 0.300. The van der Waals surface area contributed by atoms with Crippen LogP contribution in [0.4, 0.5) is 4.39 Å². The SMILES string of the molecule is COc1cc(Br)c(C(=O)CF)cc1OC. The van der Waals surface area contributed by atoms with Crippen molar-refractivity contribution in [3.05, 3.63) is 22.2 Å². The Hall–Kier alpha value is -1.10. The molecule has 15 heavy (non-hydrogen) atoms. The van der Waals surface area contributed by atoms with E-state index in [4.69, 9.17) is 9.47 Å². The number of methoxy groups -OCH3 is 2. The molecule has 1 aromatic rings. The molecule has 0 radical (unpaired) electrons. The summed E-state index contributed by atoms with van der Waals surface area (Å²) in [6, 6.07) is 3.02. The Balaban J connectivity index is 3.25. The van der Waals surface area contributed by atoms with Crippen LogP contribution < -0.4 is 9.47 Å². The van der Waals surface area contributed by atoms with Crippen LogP contribution in [0, 0.1) is 0 Å². The van der Waals surface area contributed by atoms with Gasteiger partial charge in [-0.25, -0.2) is 4.39 Å². The second-order valence-corrected chi connectivity index (χ2v) is 3.60. The Morgan fingerprint density at radius 2 is 1.87 bits per heavy atom. The minimum Gasteiger partial charge on any atom is -0.493 e. The summed E-state index contributed by atoms with van der Waals surface area (Å²) < 4.78 is 22.7. The normalized spacial score (nSPS) is 9.87. The average Bonchev–Trinajstić information content (AvgIpc) is 2.27. The van der Waals surface area contributed by atoms with Gasteiger partial charge in [0.2, 0.25) is 0 Å². The van der Waals surface area contributed by atoms with Gasteiger partial charge in [0.1, 0.15) is 0 Å². The molecular weight excluding hydrogens is 267 g/mol. The molecule has 0 heterocycles. The molecule has 0 aliphatic heterocycles. The third-order valence-corrected chi connectivity index (χ3v) is 2.55. The summed E-state index contributed by atoms with van der Waals surface area (Å²) in [6.45, 7) is -1.03. The predicted molar refractivity (Wildman–Crippen MR) is 57.6 cm³/mol. The number of alkyl halides is 1. The van der Waals surface area contributed by atoms with Gasteiger partial charge in [0, 0.05) is 10.0 Å². The molecule has 0 N–H and O–H groups in total. The van der Waals surface area contributed by atoms with Gasteiger partial charge in [-0.2, -0.15) is 0 Å². The maximum absolute atomic E-state index is 12.2. The Morgan fingerprint density at radius 1 is 1.33 bits per heavy atom. The van der Waals surface area contributed by atoms with Crippen LogP contribution in [0.5, 0.6) is 11.5 Å². The zero-order valence-electron chi connectivity index (χ0n) is 8.34. The molecule has 0 spiro atoms. The molecule has 0 bridgehead atoms. The van der Waals surface area contributed by atoms with Gasteiger partial charge in [-0.05, 0) is 28.1 Å². The van der Waals surface area contributed by atoms with Crippen LogP contribution in [-0.2, 0) is 0 Å². The molecule has 0 unspecified atom stereocenters. The lowest BCUT2D eigenvalue weighted by molar-refractivity contribution is 0.0957. The Bertz CT molecular complexity index is 379. The first-order valence-electron chi connectivity index (χ1n) is 4.14. The number of halogens is 2. The zero-order chi connectivity index (χ0) is 11.4. The summed E-state index contributed by atoms with van der Waals surface area (Å²) in [5.74, 6) is 0.292. The van der Waals surface area contributed by atoms with Crippen molar-refractivity contribution < 1.29 is 18.7 Å². The molecule has 3 nitrogen and oxygen atoms in total. The second kappa shape index (κ2) is 5.11. The number of hydrogen-bond donors (Lipinski definition) is 0. The molecule has 5 heteroatoms. The van der Waals surface area contributed by atoms with Crippen LogP contribution in [0.25, 0.3) is 0 Å². The van der Waals surface area contributed by atoms with E-state index in [0.29, 0.717) is 16.0 Å². The first-order chi connectivity index (χ1) is 7.13. The van der Waals surface area contributed by atoms with Gasteiger partial charge in [0.15, 0.2) is 24.0 Å². The maximum atomic E-state index is 12.2. The highest BCUT2D eigenvalue weighted by molar-refractivity contribution is 9.10. The summed E-state index contributed by atoms with van der Waals surface area (Å²) in [7, 11) is 2.94. The lowest BCUT2D eigenvalue weighted by Crippen LogP contribution is -2.03. The van der Waals surface area contributed by atoms with E-state index in [1.165, 1.54) is 20.3 Å². The van der Waals surface area contributed by atoms with Crippen LogP contribution in [-0.4, -0.2) is 26.7 Å². The highest BCUT2D eigenvalue weighted by Gasteiger charge is 2.14. The molecule has 0 aromatic heterocycles. The van der Waals surface area contributed by atoms with Gasteiger partial charge in [-0.15, -0.1) is 0 Å². The molecule has 1 aromatic carbocycles. The summed E-state index contributed by atoms with van der Waals surface area (Å²) in [4.78, 5) is 11.2. The van der Waals surface area contributed by atoms with E-state index in [9.17, 15) is 9.18 Å². The lowest BCUT2D eigenvalue weighted by Gasteiger charge is -2.10. The number of Topliss-reactive ketones (excluding diaryl/α,β-unsaturated/α-hetero) is 1. The Morgan fingerprint density at radius 3 is 2.33 bits per heavy atom. The van der Waals surface area contributed by atoms with E-state index >= 15 is 0 Å². The van der Waals surface area contributed by atoms with Gasteiger partial charge in [-0.3, -0.25) is 4.79 Å². The zero-order valence-corrected chi connectivity index (χ0v) is 9.93. The van der Waals surface area contributed by atoms with E-state index in [0.717, 1.165) is 0 Å². The molecular formula is C10H10BrFO3. The number of benzene rings is 1. The first-order valence-corrected chi connectivity index (χ1v) is 4.94. The Labute approximate surface area is 95.3 Å². The minimum atomic E-state index is -1.03. The van der Waals surface area contributed by atoms with Crippen LogP contribution >= 0.6 is 15.9 Å². The number of rotatable bonds is 4. The summed E-state index contributed by atoms with van der Waals surface area (Å²) >= 11 is 3.17. The first kappa shape index (κ1) is 12.0. The molecule has 0 saturated heterocycles. The Kier molecular flexibility index (Phi) is 4.08. The maximum Gasteiger partial charge on any atom is 0.195 e. The van der Waals surface area contributed by atoms with Gasteiger partial charge in [-0.1, -0.05) is 0 Å². The number of hydrogen-bond acceptors (Lipinski definition) is 3. The number of ether oxygens (including phenoxy) is 2. The fourth-order valence-corrected chi connectivity index (χ4v) is 1.68. The number of ketones is 1. The third kappa shape index (κ3) is 2.47. The van der Waals surface area contributed by atoms with E-state index in [2.05, 4.69) is 15.9 Å². The highest BCUT2D eigenvalue weighted by Crippen LogP contribution is 2.33. The van der Waals surface area contributed by atoms with Crippen molar-refractivity contribution in [2.45, 2.75) is 0 Å². The van der Waals surface area contributed by atoms with E-state index in [1.54, 1.807) is 6.07 Å². The van der Waals surface area contributed by atoms with Gasteiger partial charge in [0.05, 0.1) is 14.2 Å². The van der Waals surface area contributed by atoms with E-state index in [1.807, 2.05) is 0 Å². The number of carbonyl (C=O) groups is 1. The quantitative estimate of drug-likeness (QED) is 0.793. The average molecular weight is 277 g/mol. The van der Waals surface area contributed by atoms with Crippen molar-refractivity contribution in [2.24, 2.45) is 0 Å². The topological polar surface area (TPSA) is 35.5 Å². The molecule has 0 saturated carbocycles. The molecule has 0 aliphatic rings. The second-order valence-electron chi connectivity index (χ2n) is 2.74. The van der Waals surface area contributed by atoms with E-state index in [-0.39, 0.29) is 5.56 Å². The van der Waals surface area contributed by atoms with Crippen molar-refractivity contribution >= 4 is 21.7 Å². The molecule has 82 valence electrons. The minimum absolute atomic E-state index is 0.246. The molecule has 0 aliphatic carbocycles. The van der Waals surface area contributed by atoms with Gasteiger partial charge in [0.25, 0.3) is 0 Å². The van der Waals surface area contributed by atoms with Crippen LogP contribution in [0.2, 0.25) is 0 Å². The summed E-state index contributed by atoms with van der Waals surface area (Å²) in [6.07, 6.45) is 0. The monoisotopic (exact) mass is 276 g/mol. The van der Waals surface area contributed by atoms with Crippen molar-refractivity contribution in [3.63, 3.8) is 0 Å². The standard InChI is InChI=1S/C10H10BrFO3/c1-14-9-3-6(8(13)5-12)7(11)4-10(9)15-2/h3-4H,5H2,1-2H3. The predicted octanol–water partition coefficient (Wildman–Crippen LogP) is 2.62. The third-order valence-electron chi connectivity index (χ3n) is 1.90. The number of carbonyl (C=O) groups excluding carboxylic acids is 1. The summed E-state index contributed by atoms with van der Waals surface area (Å²) in [5, 5.41) is 0. The van der Waals surface area contributed by atoms with Crippen molar-refractivity contribution in [3.8, 4) is 11.5 Å². The van der Waals surface area contributed by atoms with Gasteiger partial charge < -0.3 is 9.47 Å². The molecule has 0 fully saturated rings. The lowest BCUT2D eigenvalue weighted by atomic mass is 10.1. The smallest absolute Gasteiger partial charge is 0.195 e. The fourth-order valence-electron chi connectivity index (χ4n) is 1.14.